The maximum absolute atomic E-state index is 13.1. The summed E-state index contributed by atoms with van der Waals surface area (Å²) < 4.78 is 12.6. The largest absolute Gasteiger partial charge is 0.480 e. The summed E-state index contributed by atoms with van der Waals surface area (Å²) in [5, 5.41) is 0. The number of nitrogens with zero attached hydrogens (tertiary/aromatic N) is 1. The van der Waals surface area contributed by atoms with E-state index in [-0.39, 0.29) is 18.1 Å². The molecule has 4 nitrogen and oxygen atoms in total. The van der Waals surface area contributed by atoms with E-state index < -0.39 is 0 Å². The molecule has 2 aromatic carbocycles. The first kappa shape index (κ1) is 19.5. The SMILES string of the molecule is O=C1/C(=C\C2=Cc3ccccc3O[C@@H]2c2ccccc2)SC(=S)N1C[C@H]1CCCO1. The van der Waals surface area contributed by atoms with Gasteiger partial charge >= 0.3 is 0 Å². The van der Waals surface area contributed by atoms with Crippen LogP contribution in [-0.4, -0.2) is 34.4 Å². The third-order valence-electron chi connectivity index (χ3n) is 5.47. The van der Waals surface area contributed by atoms with Crippen molar-refractivity contribution in [1.82, 2.24) is 4.90 Å². The topological polar surface area (TPSA) is 38.8 Å². The Balaban J connectivity index is 1.47. The molecule has 0 aliphatic carbocycles. The van der Waals surface area contributed by atoms with E-state index >= 15 is 0 Å². The number of hydrogen-bond donors (Lipinski definition) is 0. The average molecular weight is 436 g/mol. The molecule has 3 aliphatic rings. The van der Waals surface area contributed by atoms with E-state index in [9.17, 15) is 4.79 Å². The van der Waals surface area contributed by atoms with Crippen LogP contribution in [0.3, 0.4) is 0 Å². The number of carbonyl (C=O) groups is 1. The number of ether oxygens (including phenoxy) is 2. The summed E-state index contributed by atoms with van der Waals surface area (Å²) in [7, 11) is 0. The minimum Gasteiger partial charge on any atom is -0.480 e. The Morgan fingerprint density at radius 2 is 1.93 bits per heavy atom. The molecule has 0 bridgehead atoms. The van der Waals surface area contributed by atoms with Crippen molar-refractivity contribution in [2.75, 3.05) is 13.2 Å². The lowest BCUT2D eigenvalue weighted by Gasteiger charge is -2.26. The molecule has 2 atom stereocenters. The molecule has 3 heterocycles. The normalized spacial score (nSPS) is 24.7. The lowest BCUT2D eigenvalue weighted by molar-refractivity contribution is -0.123. The molecule has 152 valence electrons. The fraction of sp³-hybridized carbons (Fsp3) is 0.250. The molecule has 0 radical (unpaired) electrons. The van der Waals surface area contributed by atoms with Crippen LogP contribution in [0.4, 0.5) is 0 Å². The quantitative estimate of drug-likeness (QED) is 0.492. The molecular weight excluding hydrogens is 414 g/mol. The van der Waals surface area contributed by atoms with E-state index in [1.165, 1.54) is 11.8 Å². The summed E-state index contributed by atoms with van der Waals surface area (Å²) in [6.07, 6.45) is 5.85. The molecule has 0 unspecified atom stereocenters. The lowest BCUT2D eigenvalue weighted by Crippen LogP contribution is -2.35. The second kappa shape index (κ2) is 8.38. The van der Waals surface area contributed by atoms with Gasteiger partial charge in [-0.15, -0.1) is 0 Å². The number of fused-ring (bicyclic) bond motifs is 1. The Hall–Kier alpha value is -2.41. The lowest BCUT2D eigenvalue weighted by atomic mass is 9.95. The van der Waals surface area contributed by atoms with Crippen molar-refractivity contribution in [2.45, 2.75) is 25.0 Å². The molecule has 3 aliphatic heterocycles. The predicted octanol–water partition coefficient (Wildman–Crippen LogP) is 5.13. The van der Waals surface area contributed by atoms with Crippen LogP contribution < -0.4 is 4.74 Å². The number of thioether (sulfide) groups is 1. The highest BCUT2D eigenvalue weighted by Crippen LogP contribution is 2.41. The zero-order valence-corrected chi connectivity index (χ0v) is 18.0. The fourth-order valence-electron chi connectivity index (χ4n) is 3.96. The van der Waals surface area contributed by atoms with Crippen molar-refractivity contribution in [3.05, 3.63) is 82.3 Å². The highest BCUT2D eigenvalue weighted by atomic mass is 32.2. The van der Waals surface area contributed by atoms with Gasteiger partial charge in [0, 0.05) is 12.2 Å². The Morgan fingerprint density at radius 3 is 2.73 bits per heavy atom. The van der Waals surface area contributed by atoms with Crippen molar-refractivity contribution in [1.29, 1.82) is 0 Å². The van der Waals surface area contributed by atoms with Gasteiger partial charge in [0.05, 0.1) is 17.6 Å². The minimum absolute atomic E-state index is 0.0490. The average Bonchev–Trinajstić information content (AvgIpc) is 3.38. The highest BCUT2D eigenvalue weighted by Gasteiger charge is 2.35. The summed E-state index contributed by atoms with van der Waals surface area (Å²) in [5.41, 5.74) is 2.99. The third kappa shape index (κ3) is 3.83. The van der Waals surface area contributed by atoms with Crippen molar-refractivity contribution in [3.8, 4) is 5.75 Å². The fourth-order valence-corrected chi connectivity index (χ4v) is 5.24. The molecule has 2 saturated heterocycles. The molecule has 6 heteroatoms. The Kier molecular flexibility index (Phi) is 5.46. The molecule has 0 spiro atoms. The van der Waals surface area contributed by atoms with E-state index in [2.05, 4.69) is 6.08 Å². The van der Waals surface area contributed by atoms with Crippen molar-refractivity contribution >= 4 is 40.3 Å². The smallest absolute Gasteiger partial charge is 0.266 e. The van der Waals surface area contributed by atoms with Crippen LogP contribution in [0.2, 0.25) is 0 Å². The first-order valence-electron chi connectivity index (χ1n) is 10.1. The van der Waals surface area contributed by atoms with Crippen molar-refractivity contribution in [3.63, 3.8) is 0 Å². The van der Waals surface area contributed by atoms with E-state index in [1.807, 2.05) is 60.7 Å². The van der Waals surface area contributed by atoms with Crippen LogP contribution in [-0.2, 0) is 9.53 Å². The molecule has 2 aromatic rings. The standard InChI is InChI=1S/C24H21NO3S2/c26-23-21(30-24(29)25(23)15-19-10-6-12-27-19)14-18-13-17-9-4-5-11-20(17)28-22(18)16-7-2-1-3-8-16/h1-5,7-9,11,13-14,19,22H,6,10,12,15H2/b21-14+/t19-,22-/m1/s1. The molecule has 0 N–H and O–H groups in total. The number of benzene rings is 2. The van der Waals surface area contributed by atoms with E-state index in [0.717, 1.165) is 41.9 Å². The van der Waals surface area contributed by atoms with Gasteiger partial charge in [-0.3, -0.25) is 9.69 Å². The van der Waals surface area contributed by atoms with Gasteiger partial charge < -0.3 is 9.47 Å². The Bertz CT molecular complexity index is 1040. The number of thiocarbonyl (C=S) groups is 1. The molecule has 5 rings (SSSR count). The first-order valence-corrected chi connectivity index (χ1v) is 11.3. The van der Waals surface area contributed by atoms with Crippen molar-refractivity contribution in [2.24, 2.45) is 0 Å². The summed E-state index contributed by atoms with van der Waals surface area (Å²) in [6, 6.07) is 18.0. The maximum Gasteiger partial charge on any atom is 0.266 e. The number of hydrogen-bond acceptors (Lipinski definition) is 5. The van der Waals surface area contributed by atoms with E-state index in [1.54, 1.807) is 4.90 Å². The summed E-state index contributed by atoms with van der Waals surface area (Å²) in [4.78, 5) is 15.4. The second-order valence-corrected chi connectivity index (χ2v) is 9.19. The predicted molar refractivity (Wildman–Crippen MR) is 123 cm³/mol. The first-order chi connectivity index (χ1) is 14.7. The zero-order chi connectivity index (χ0) is 20.5. The minimum atomic E-state index is -0.275. The summed E-state index contributed by atoms with van der Waals surface area (Å²) in [6.45, 7) is 1.29. The number of rotatable bonds is 4. The van der Waals surface area contributed by atoms with Gasteiger partial charge in [-0.1, -0.05) is 72.5 Å². The van der Waals surface area contributed by atoms with E-state index in [0.29, 0.717) is 15.8 Å². The monoisotopic (exact) mass is 435 g/mol. The van der Waals surface area contributed by atoms with Gasteiger partial charge in [0.25, 0.3) is 5.91 Å². The molecular formula is C24H21NO3S2. The van der Waals surface area contributed by atoms with Gasteiger partial charge in [0.15, 0.2) is 0 Å². The second-order valence-electron chi connectivity index (χ2n) is 7.52. The Morgan fingerprint density at radius 1 is 1.13 bits per heavy atom. The van der Waals surface area contributed by atoms with Gasteiger partial charge in [-0.25, -0.2) is 0 Å². The van der Waals surface area contributed by atoms with Gasteiger partial charge in [-0.05, 0) is 42.2 Å². The van der Waals surface area contributed by atoms with E-state index in [4.69, 9.17) is 21.7 Å². The van der Waals surface area contributed by atoms with Crippen LogP contribution >= 0.6 is 24.0 Å². The summed E-state index contributed by atoms with van der Waals surface area (Å²) in [5.74, 6) is 0.793. The molecule has 2 fully saturated rings. The highest BCUT2D eigenvalue weighted by molar-refractivity contribution is 8.26. The summed E-state index contributed by atoms with van der Waals surface area (Å²) >= 11 is 6.86. The van der Waals surface area contributed by atoms with Gasteiger partial charge in [0.2, 0.25) is 0 Å². The number of carbonyl (C=O) groups excluding carboxylic acids is 1. The van der Waals surface area contributed by atoms with Gasteiger partial charge in [-0.2, -0.15) is 0 Å². The van der Waals surface area contributed by atoms with Crippen LogP contribution in [0.15, 0.2) is 71.2 Å². The molecule has 0 aromatic heterocycles. The van der Waals surface area contributed by atoms with Crippen LogP contribution in [0, 0.1) is 0 Å². The Labute approximate surface area is 185 Å². The molecule has 0 saturated carbocycles. The zero-order valence-electron chi connectivity index (χ0n) is 16.3. The van der Waals surface area contributed by atoms with Crippen LogP contribution in [0.25, 0.3) is 6.08 Å². The molecule has 1 amide bonds. The number of para-hydroxylation sites is 1. The van der Waals surface area contributed by atoms with Crippen molar-refractivity contribution < 1.29 is 14.3 Å². The van der Waals surface area contributed by atoms with Crippen LogP contribution in [0.1, 0.15) is 30.1 Å². The number of amides is 1. The van der Waals surface area contributed by atoms with Gasteiger partial charge in [0.1, 0.15) is 16.2 Å². The molecule has 30 heavy (non-hydrogen) atoms. The third-order valence-corrected chi connectivity index (χ3v) is 6.85. The maximum atomic E-state index is 13.1. The van der Waals surface area contributed by atoms with Crippen LogP contribution in [0.5, 0.6) is 5.75 Å².